The molecule has 25 heavy (non-hydrogen) atoms. The van der Waals surface area contributed by atoms with Gasteiger partial charge in [-0.1, -0.05) is 0 Å². The monoisotopic (exact) mass is 453 g/mol. The fourth-order valence-corrected chi connectivity index (χ4v) is 17.8. The van der Waals surface area contributed by atoms with E-state index in [1.165, 1.54) is 16.7 Å². The van der Waals surface area contributed by atoms with Crippen LogP contribution in [-0.2, 0) is 19.8 Å². The second-order valence-corrected chi connectivity index (χ2v) is 16.5. The number of hydrogen-bond acceptors (Lipinski definition) is 0. The predicted molar refractivity (Wildman–Crippen MR) is 114 cm³/mol. The van der Waals surface area contributed by atoms with Crippen LogP contribution in [0.5, 0.6) is 0 Å². The second-order valence-electron chi connectivity index (χ2n) is 7.25. The summed E-state index contributed by atoms with van der Waals surface area (Å²) in [5.41, 5.74) is 4.43. The molecule has 0 nitrogen and oxygen atoms in total. The van der Waals surface area contributed by atoms with Crippen LogP contribution in [0, 0.1) is 11.8 Å². The van der Waals surface area contributed by atoms with Crippen LogP contribution in [0.4, 0.5) is 0 Å². The number of allylic oxidation sites excluding steroid dienone is 8. The van der Waals surface area contributed by atoms with Crippen molar-refractivity contribution in [1.29, 1.82) is 0 Å². The zero-order chi connectivity index (χ0) is 16.6. The Labute approximate surface area is 169 Å². The summed E-state index contributed by atoms with van der Waals surface area (Å²) in [5.74, 6) is 1.17. The Morgan fingerprint density at radius 1 is 0.800 bits per heavy atom. The molecule has 2 aliphatic carbocycles. The summed E-state index contributed by atoms with van der Waals surface area (Å²) in [6.07, 6.45) is 9.47. The van der Waals surface area contributed by atoms with Crippen LogP contribution in [0.15, 0.2) is 72.3 Å². The van der Waals surface area contributed by atoms with Crippen LogP contribution in [0.2, 0.25) is 4.63 Å². The van der Waals surface area contributed by atoms with Gasteiger partial charge in [-0.3, -0.25) is 0 Å². The molecule has 0 amide bonds. The van der Waals surface area contributed by atoms with Gasteiger partial charge in [-0.2, -0.15) is 0 Å². The summed E-state index contributed by atoms with van der Waals surface area (Å²) < 4.78 is 8.81. The van der Waals surface area contributed by atoms with Crippen LogP contribution in [0.1, 0.15) is 33.3 Å². The third-order valence-corrected chi connectivity index (χ3v) is 17.3. The van der Waals surface area contributed by atoms with Crippen LogP contribution >= 0.6 is 24.8 Å². The zero-order valence-electron chi connectivity index (χ0n) is 15.7. The second kappa shape index (κ2) is 8.94. The minimum Gasteiger partial charge on any atom is -0.147 e. The van der Waals surface area contributed by atoms with Crippen molar-refractivity contribution in [2.24, 2.45) is 11.8 Å². The maximum absolute atomic E-state index is 2.80. The summed E-state index contributed by atoms with van der Waals surface area (Å²) in [4.78, 5) is 0. The molecule has 2 aliphatic rings. The zero-order valence-corrected chi connectivity index (χ0v) is 19.8. The summed E-state index contributed by atoms with van der Waals surface area (Å²) in [7, 11) is 0. The molecule has 0 aromatic heterocycles. The van der Waals surface area contributed by atoms with Crippen molar-refractivity contribution >= 4 is 28.5 Å². The Kier molecular flexibility index (Phi) is 8.06. The standard InChI is InChI=1S/2C7H9.C7H6.CH3.2ClH.Zr/c2*1-6-3-4-7(2)5-6;1-7-5-3-2-4-6-7;;;;/h2*3-4,6H,1-2H3;1-6H;1H3;2*1H;. The van der Waals surface area contributed by atoms with E-state index in [1.807, 2.05) is 0 Å². The Hall–Kier alpha value is -0.487. The van der Waals surface area contributed by atoms with Gasteiger partial charge in [-0.05, 0) is 0 Å². The van der Waals surface area contributed by atoms with Crippen LogP contribution in [-0.4, -0.2) is 3.71 Å². The van der Waals surface area contributed by atoms with E-state index in [0.29, 0.717) is 11.8 Å². The molecule has 3 heteroatoms. The maximum Gasteiger partial charge on any atom is -0.147 e. The van der Waals surface area contributed by atoms with Gasteiger partial charge in [0.15, 0.2) is 0 Å². The van der Waals surface area contributed by atoms with Crippen molar-refractivity contribution in [3.05, 3.63) is 77.9 Å². The molecule has 1 aromatic carbocycles. The van der Waals surface area contributed by atoms with E-state index < -0.39 is 19.8 Å². The molecule has 0 saturated heterocycles. The van der Waals surface area contributed by atoms with E-state index in [4.69, 9.17) is 0 Å². The summed E-state index contributed by atoms with van der Waals surface area (Å²) >= 11 is -2.80. The predicted octanol–water partition coefficient (Wildman–Crippen LogP) is 6.84. The van der Waals surface area contributed by atoms with E-state index in [2.05, 4.69) is 90.7 Å². The minimum atomic E-state index is -2.80. The Morgan fingerprint density at radius 2 is 1.24 bits per heavy atom. The first kappa shape index (κ1) is 22.6. The Morgan fingerprint density at radius 3 is 1.60 bits per heavy atom. The molecule has 3 rings (SSSR count). The van der Waals surface area contributed by atoms with Gasteiger partial charge in [0.1, 0.15) is 0 Å². The normalized spacial score (nSPS) is 24.0. The van der Waals surface area contributed by atoms with E-state index in [0.717, 1.165) is 0 Å². The molecule has 2 atom stereocenters. The third-order valence-electron chi connectivity index (χ3n) is 5.40. The summed E-state index contributed by atoms with van der Waals surface area (Å²) in [6.45, 7) is 9.37. The molecule has 135 valence electrons. The van der Waals surface area contributed by atoms with Crippen LogP contribution in [0.25, 0.3) is 0 Å². The van der Waals surface area contributed by atoms with Crippen molar-refractivity contribution in [1.82, 2.24) is 0 Å². The van der Waals surface area contributed by atoms with Crippen LogP contribution < -0.4 is 0 Å². The van der Waals surface area contributed by atoms with Gasteiger partial charge < -0.3 is 0 Å². The molecule has 0 aliphatic heterocycles. The van der Waals surface area contributed by atoms with Gasteiger partial charge in [0.05, 0.1) is 0 Å². The SMILES string of the molecule is CC1=[C]([Zr]([CH3])(=[CH]c2ccccc2)[C]2=C(C)C=CC2C)C(C)C=C1.Cl.Cl. The van der Waals surface area contributed by atoms with E-state index in [-0.39, 0.29) is 24.8 Å². The molecule has 0 N–H and O–H groups in total. The molecular weight excluding hydrogens is 426 g/mol. The van der Waals surface area contributed by atoms with E-state index in [9.17, 15) is 0 Å². The fourth-order valence-electron chi connectivity index (χ4n) is 4.62. The Bertz CT molecular complexity index is 751. The van der Waals surface area contributed by atoms with Gasteiger partial charge in [-0.25, -0.2) is 0 Å². The van der Waals surface area contributed by atoms with E-state index >= 15 is 0 Å². The summed E-state index contributed by atoms with van der Waals surface area (Å²) in [6, 6.07) is 11.0. The first-order valence-electron chi connectivity index (χ1n) is 8.63. The average Bonchev–Trinajstić information content (AvgIpc) is 3.03. The third kappa shape index (κ3) is 4.26. The van der Waals surface area contributed by atoms with Crippen molar-refractivity contribution in [3.63, 3.8) is 0 Å². The van der Waals surface area contributed by atoms with Crippen molar-refractivity contribution in [3.8, 4) is 0 Å². The Balaban J connectivity index is 0.00000156. The van der Waals surface area contributed by atoms with Gasteiger partial charge in [-0.15, -0.1) is 24.8 Å². The largest absolute Gasteiger partial charge is 0.147 e. The van der Waals surface area contributed by atoms with Crippen molar-refractivity contribution < 1.29 is 19.8 Å². The molecule has 0 fully saturated rings. The van der Waals surface area contributed by atoms with Gasteiger partial charge in [0.2, 0.25) is 0 Å². The first-order valence-corrected chi connectivity index (χ1v) is 15.0. The van der Waals surface area contributed by atoms with Gasteiger partial charge >= 0.3 is 146 Å². The van der Waals surface area contributed by atoms with Gasteiger partial charge in [0.25, 0.3) is 0 Å². The van der Waals surface area contributed by atoms with E-state index in [1.54, 1.807) is 6.56 Å². The molecule has 1 aromatic rings. The minimum absolute atomic E-state index is 0. The number of hydrogen-bond donors (Lipinski definition) is 0. The first-order chi connectivity index (χ1) is 10.9. The molecule has 0 heterocycles. The number of halogens is 2. The average molecular weight is 456 g/mol. The quantitative estimate of drug-likeness (QED) is 0.468. The summed E-state index contributed by atoms with van der Waals surface area (Å²) in [5, 5.41) is 0. The smallest absolute Gasteiger partial charge is 0.147 e. The fraction of sp³-hybridized carbons (Fsp3) is 0.318. The number of benzene rings is 1. The molecule has 0 spiro atoms. The number of rotatable bonds is 3. The molecule has 2 unspecified atom stereocenters. The molecule has 0 bridgehead atoms. The van der Waals surface area contributed by atoms with Crippen molar-refractivity contribution in [2.45, 2.75) is 32.3 Å². The van der Waals surface area contributed by atoms with Crippen LogP contribution in [0.3, 0.4) is 0 Å². The molecule has 0 saturated carbocycles. The molecular formula is C22H29Cl2Zr. The molecule has 0 radical (unpaired) electrons. The maximum atomic E-state index is 2.68. The topological polar surface area (TPSA) is 0 Å². The van der Waals surface area contributed by atoms with Crippen molar-refractivity contribution in [2.75, 3.05) is 0 Å². The van der Waals surface area contributed by atoms with Gasteiger partial charge in [0, 0.05) is 0 Å².